The number of aryl methyl sites for hydroxylation is 3. The van der Waals surface area contributed by atoms with Gasteiger partial charge in [-0.05, 0) is 61.1 Å². The van der Waals surface area contributed by atoms with Gasteiger partial charge in [0, 0.05) is 5.02 Å². The molecule has 1 atom stereocenters. The molecule has 0 amide bonds. The van der Waals surface area contributed by atoms with Crippen molar-refractivity contribution in [1.29, 1.82) is 0 Å². The lowest BCUT2D eigenvalue weighted by molar-refractivity contribution is 0.549. The summed E-state index contributed by atoms with van der Waals surface area (Å²) in [5.74, 6) is 5.76. The second-order valence-electron chi connectivity index (χ2n) is 5.30. The minimum absolute atomic E-state index is 0.0887. The van der Waals surface area contributed by atoms with Crippen LogP contribution in [0, 0.1) is 20.8 Å². The lowest BCUT2D eigenvalue weighted by Crippen LogP contribution is -2.30. The van der Waals surface area contributed by atoms with Crippen molar-refractivity contribution < 1.29 is 0 Å². The average Bonchev–Trinajstić information content (AvgIpc) is 2.42. The van der Waals surface area contributed by atoms with E-state index in [0.29, 0.717) is 0 Å². The number of benzene rings is 2. The van der Waals surface area contributed by atoms with Gasteiger partial charge < -0.3 is 0 Å². The van der Waals surface area contributed by atoms with Crippen LogP contribution >= 0.6 is 11.6 Å². The van der Waals surface area contributed by atoms with E-state index in [1.165, 1.54) is 16.7 Å². The van der Waals surface area contributed by atoms with E-state index in [2.05, 4.69) is 43.5 Å². The number of halogens is 1. The third-order valence-electron chi connectivity index (χ3n) is 3.84. The summed E-state index contributed by atoms with van der Waals surface area (Å²) < 4.78 is 0. The van der Waals surface area contributed by atoms with Gasteiger partial charge in [-0.3, -0.25) is 11.3 Å². The van der Waals surface area contributed by atoms with E-state index < -0.39 is 0 Å². The normalized spacial score (nSPS) is 12.4. The first kappa shape index (κ1) is 15.0. The Bertz CT molecular complexity index is 588. The van der Waals surface area contributed by atoms with Crippen molar-refractivity contribution in [3.8, 4) is 0 Å². The largest absolute Gasteiger partial charge is 0.271 e. The van der Waals surface area contributed by atoms with Gasteiger partial charge in [0.25, 0.3) is 0 Å². The molecule has 0 aromatic heterocycles. The zero-order valence-electron chi connectivity index (χ0n) is 12.2. The predicted molar refractivity (Wildman–Crippen MR) is 85.9 cm³/mol. The van der Waals surface area contributed by atoms with Gasteiger partial charge in [-0.15, -0.1) is 0 Å². The molecule has 1 unspecified atom stereocenters. The minimum atomic E-state index is 0.0887. The molecule has 0 spiro atoms. The molecule has 0 aliphatic carbocycles. The van der Waals surface area contributed by atoms with E-state index in [0.717, 1.165) is 22.6 Å². The lowest BCUT2D eigenvalue weighted by Gasteiger charge is -2.20. The smallest absolute Gasteiger partial charge is 0.0500 e. The lowest BCUT2D eigenvalue weighted by atomic mass is 9.93. The van der Waals surface area contributed by atoms with Crippen LogP contribution in [0.3, 0.4) is 0 Å². The van der Waals surface area contributed by atoms with Crippen LogP contribution in [0.2, 0.25) is 5.02 Å². The van der Waals surface area contributed by atoms with Crippen LogP contribution in [-0.2, 0) is 6.42 Å². The first-order chi connectivity index (χ1) is 9.52. The molecule has 2 aromatic rings. The van der Waals surface area contributed by atoms with E-state index in [4.69, 9.17) is 17.4 Å². The Balaban J connectivity index is 2.31. The molecule has 3 heteroatoms. The number of hydrogen-bond donors (Lipinski definition) is 2. The van der Waals surface area contributed by atoms with Crippen molar-refractivity contribution in [2.24, 2.45) is 5.84 Å². The summed E-state index contributed by atoms with van der Waals surface area (Å²) in [4.78, 5) is 0. The third kappa shape index (κ3) is 3.21. The Labute approximate surface area is 125 Å². The average molecular weight is 289 g/mol. The third-order valence-corrected chi connectivity index (χ3v) is 4.26. The van der Waals surface area contributed by atoms with Crippen LogP contribution in [0.5, 0.6) is 0 Å². The molecule has 0 fully saturated rings. The van der Waals surface area contributed by atoms with Gasteiger partial charge in [0.05, 0.1) is 6.04 Å². The minimum Gasteiger partial charge on any atom is -0.271 e. The Hall–Kier alpha value is -1.35. The first-order valence-electron chi connectivity index (χ1n) is 6.80. The first-order valence-corrected chi connectivity index (χ1v) is 7.18. The molecular weight excluding hydrogens is 268 g/mol. The number of rotatable bonds is 4. The Morgan fingerprint density at radius 1 is 1.05 bits per heavy atom. The molecule has 2 aromatic carbocycles. The summed E-state index contributed by atoms with van der Waals surface area (Å²) in [7, 11) is 0. The van der Waals surface area contributed by atoms with E-state index in [1.807, 2.05) is 19.1 Å². The molecule has 106 valence electrons. The molecule has 20 heavy (non-hydrogen) atoms. The number of hydrogen-bond acceptors (Lipinski definition) is 2. The van der Waals surface area contributed by atoms with Crippen molar-refractivity contribution in [3.63, 3.8) is 0 Å². The van der Waals surface area contributed by atoms with Crippen LogP contribution in [0.1, 0.15) is 33.9 Å². The van der Waals surface area contributed by atoms with Crippen molar-refractivity contribution in [2.75, 3.05) is 0 Å². The molecule has 0 radical (unpaired) electrons. The summed E-state index contributed by atoms with van der Waals surface area (Å²) in [6.45, 7) is 6.30. The molecule has 3 N–H and O–H groups in total. The summed E-state index contributed by atoms with van der Waals surface area (Å²) in [6.07, 6.45) is 0.871. The van der Waals surface area contributed by atoms with Gasteiger partial charge in [0.2, 0.25) is 0 Å². The van der Waals surface area contributed by atoms with Gasteiger partial charge in [-0.2, -0.15) is 0 Å². The molecule has 0 heterocycles. The highest BCUT2D eigenvalue weighted by Gasteiger charge is 2.14. The van der Waals surface area contributed by atoms with Crippen LogP contribution in [0.15, 0.2) is 36.4 Å². The van der Waals surface area contributed by atoms with Gasteiger partial charge in [0.15, 0.2) is 0 Å². The van der Waals surface area contributed by atoms with E-state index in [-0.39, 0.29) is 6.04 Å². The quantitative estimate of drug-likeness (QED) is 0.659. The zero-order valence-corrected chi connectivity index (χ0v) is 13.0. The molecule has 0 aliphatic rings. The van der Waals surface area contributed by atoms with Crippen LogP contribution in [-0.4, -0.2) is 0 Å². The van der Waals surface area contributed by atoms with E-state index >= 15 is 0 Å². The maximum Gasteiger partial charge on any atom is 0.0500 e. The summed E-state index contributed by atoms with van der Waals surface area (Å²) >= 11 is 6.09. The fourth-order valence-corrected chi connectivity index (χ4v) is 2.65. The number of nitrogens with one attached hydrogen (secondary N) is 1. The Morgan fingerprint density at radius 3 is 2.25 bits per heavy atom. The Kier molecular flexibility index (Phi) is 4.81. The molecule has 2 rings (SSSR count). The molecule has 0 aliphatic heterocycles. The van der Waals surface area contributed by atoms with Crippen LogP contribution in [0.4, 0.5) is 0 Å². The summed E-state index contributed by atoms with van der Waals surface area (Å²) in [6, 6.07) is 12.5. The summed E-state index contributed by atoms with van der Waals surface area (Å²) in [5.41, 5.74) is 9.12. The molecule has 0 bridgehead atoms. The van der Waals surface area contributed by atoms with E-state index in [9.17, 15) is 0 Å². The highest BCUT2D eigenvalue weighted by atomic mass is 35.5. The van der Waals surface area contributed by atoms with Gasteiger partial charge in [-0.1, -0.05) is 41.9 Å². The zero-order chi connectivity index (χ0) is 14.7. The number of hydrazine groups is 1. The van der Waals surface area contributed by atoms with Crippen molar-refractivity contribution in [1.82, 2.24) is 5.43 Å². The van der Waals surface area contributed by atoms with Gasteiger partial charge >= 0.3 is 0 Å². The fraction of sp³-hybridized carbons (Fsp3) is 0.294. The maximum atomic E-state index is 6.09. The molecule has 0 saturated heterocycles. The predicted octanol–water partition coefficient (Wildman–Crippen LogP) is 4.01. The van der Waals surface area contributed by atoms with E-state index in [1.54, 1.807) is 0 Å². The highest BCUT2D eigenvalue weighted by Crippen LogP contribution is 2.25. The molecule has 2 nitrogen and oxygen atoms in total. The van der Waals surface area contributed by atoms with Crippen molar-refractivity contribution >= 4 is 11.6 Å². The topological polar surface area (TPSA) is 38.0 Å². The van der Waals surface area contributed by atoms with Crippen molar-refractivity contribution in [2.45, 2.75) is 33.2 Å². The highest BCUT2D eigenvalue weighted by molar-refractivity contribution is 6.31. The molecular formula is C17H21ClN2. The van der Waals surface area contributed by atoms with Gasteiger partial charge in [0.1, 0.15) is 0 Å². The van der Waals surface area contributed by atoms with Gasteiger partial charge in [-0.25, -0.2) is 0 Å². The second-order valence-corrected chi connectivity index (χ2v) is 5.71. The fourth-order valence-electron chi connectivity index (χ4n) is 2.53. The summed E-state index contributed by atoms with van der Waals surface area (Å²) in [5, 5.41) is 0.789. The standard InChI is InChI=1S/C17H21ClN2/c1-11-5-4-6-12(2)15(11)10-17(20-19)14-7-8-16(18)13(3)9-14/h4-9,17,20H,10,19H2,1-3H3. The van der Waals surface area contributed by atoms with Crippen molar-refractivity contribution in [3.05, 3.63) is 69.2 Å². The molecule has 0 saturated carbocycles. The van der Waals surface area contributed by atoms with Crippen LogP contribution < -0.4 is 11.3 Å². The number of nitrogens with two attached hydrogens (primary N) is 1. The second kappa shape index (κ2) is 6.40. The maximum absolute atomic E-state index is 6.09. The van der Waals surface area contributed by atoms with Crippen LogP contribution in [0.25, 0.3) is 0 Å². The Morgan fingerprint density at radius 2 is 1.70 bits per heavy atom. The SMILES string of the molecule is Cc1cc(C(Cc2c(C)cccc2C)NN)ccc1Cl. The monoisotopic (exact) mass is 288 g/mol.